The maximum Gasteiger partial charge on any atom is 0.239 e. The Morgan fingerprint density at radius 2 is 2.00 bits per heavy atom. The molecule has 100 valence electrons. The maximum absolute atomic E-state index is 11.4. The predicted octanol–water partition coefficient (Wildman–Crippen LogP) is 2.54. The molecular weight excluding hydrogens is 228 g/mol. The smallest absolute Gasteiger partial charge is 0.239 e. The number of ether oxygens (including phenoxy) is 1. The molecule has 0 spiro atoms. The van der Waals surface area contributed by atoms with E-state index in [0.29, 0.717) is 0 Å². The molecule has 4 nitrogen and oxygen atoms in total. The van der Waals surface area contributed by atoms with E-state index in [1.54, 1.807) is 7.11 Å². The van der Waals surface area contributed by atoms with Crippen molar-refractivity contribution in [2.45, 2.75) is 38.6 Å². The van der Waals surface area contributed by atoms with Gasteiger partial charge in [0, 0.05) is 5.69 Å². The van der Waals surface area contributed by atoms with E-state index in [-0.39, 0.29) is 11.9 Å². The molecule has 18 heavy (non-hydrogen) atoms. The lowest BCUT2D eigenvalue weighted by Crippen LogP contribution is -2.35. The lowest BCUT2D eigenvalue weighted by Gasteiger charge is -2.16. The van der Waals surface area contributed by atoms with Crippen LogP contribution in [0.25, 0.3) is 0 Å². The Kier molecular flexibility index (Phi) is 6.05. The summed E-state index contributed by atoms with van der Waals surface area (Å²) >= 11 is 0. The normalized spacial score (nSPS) is 11.9. The van der Waals surface area contributed by atoms with Crippen molar-refractivity contribution in [3.63, 3.8) is 0 Å². The molecule has 0 saturated carbocycles. The first kappa shape index (κ1) is 14.4. The topological polar surface area (TPSA) is 64.3 Å². The molecule has 1 unspecified atom stereocenters. The van der Waals surface area contributed by atoms with E-state index < -0.39 is 0 Å². The van der Waals surface area contributed by atoms with Gasteiger partial charge in [0.2, 0.25) is 5.91 Å². The van der Waals surface area contributed by atoms with Crippen LogP contribution in [0, 0.1) is 0 Å². The zero-order valence-corrected chi connectivity index (χ0v) is 11.1. The van der Waals surface area contributed by atoms with Gasteiger partial charge in [0.15, 0.2) is 0 Å². The second-order valence-corrected chi connectivity index (χ2v) is 4.32. The Morgan fingerprint density at radius 3 is 2.50 bits per heavy atom. The molecule has 1 rings (SSSR count). The summed E-state index contributed by atoms with van der Waals surface area (Å²) in [5, 5.41) is 3.16. The minimum Gasteiger partial charge on any atom is -0.497 e. The second-order valence-electron chi connectivity index (χ2n) is 4.32. The lowest BCUT2D eigenvalue weighted by molar-refractivity contribution is -0.118. The zero-order chi connectivity index (χ0) is 13.4. The molecule has 0 heterocycles. The number of amides is 1. The number of benzene rings is 1. The second kappa shape index (κ2) is 7.58. The standard InChI is InChI=1S/C14H22N2O2/c1-3-4-5-6-13(14(15)17)16-11-7-9-12(18-2)10-8-11/h7-10,13,16H,3-6H2,1-2H3,(H2,15,17). The molecule has 0 saturated heterocycles. The number of rotatable bonds is 8. The number of hydrogen-bond donors (Lipinski definition) is 2. The number of carbonyl (C=O) groups excluding carboxylic acids is 1. The molecule has 0 aliphatic heterocycles. The van der Waals surface area contributed by atoms with Crippen LogP contribution in [0.2, 0.25) is 0 Å². The molecule has 0 aliphatic carbocycles. The first-order valence-corrected chi connectivity index (χ1v) is 6.37. The van der Waals surface area contributed by atoms with Crippen molar-refractivity contribution in [2.24, 2.45) is 5.73 Å². The highest BCUT2D eigenvalue weighted by Crippen LogP contribution is 2.17. The fourth-order valence-electron chi connectivity index (χ4n) is 1.77. The number of nitrogens with two attached hydrogens (primary N) is 1. The number of unbranched alkanes of at least 4 members (excludes halogenated alkanes) is 2. The van der Waals surface area contributed by atoms with Gasteiger partial charge in [-0.05, 0) is 30.7 Å². The van der Waals surface area contributed by atoms with Crippen LogP contribution < -0.4 is 15.8 Å². The predicted molar refractivity (Wildman–Crippen MR) is 73.7 cm³/mol. The van der Waals surface area contributed by atoms with Gasteiger partial charge in [0.1, 0.15) is 11.8 Å². The van der Waals surface area contributed by atoms with Gasteiger partial charge in [-0.15, -0.1) is 0 Å². The summed E-state index contributed by atoms with van der Waals surface area (Å²) in [7, 11) is 1.62. The van der Waals surface area contributed by atoms with Gasteiger partial charge in [-0.1, -0.05) is 26.2 Å². The van der Waals surface area contributed by atoms with E-state index in [1.165, 1.54) is 0 Å². The highest BCUT2D eigenvalue weighted by Gasteiger charge is 2.14. The summed E-state index contributed by atoms with van der Waals surface area (Å²) < 4.78 is 5.08. The van der Waals surface area contributed by atoms with E-state index >= 15 is 0 Å². The summed E-state index contributed by atoms with van der Waals surface area (Å²) in [6.45, 7) is 2.14. The number of carbonyl (C=O) groups is 1. The van der Waals surface area contributed by atoms with Crippen molar-refractivity contribution in [3.8, 4) is 5.75 Å². The van der Waals surface area contributed by atoms with Gasteiger partial charge in [0.05, 0.1) is 7.11 Å². The largest absolute Gasteiger partial charge is 0.497 e. The van der Waals surface area contributed by atoms with Crippen LogP contribution in [-0.4, -0.2) is 19.1 Å². The summed E-state index contributed by atoms with van der Waals surface area (Å²) in [5.41, 5.74) is 6.28. The molecular formula is C14H22N2O2. The summed E-state index contributed by atoms with van der Waals surface area (Å²) in [4.78, 5) is 11.4. The number of anilines is 1. The van der Waals surface area contributed by atoms with Crippen molar-refractivity contribution in [1.82, 2.24) is 0 Å². The quantitative estimate of drug-likeness (QED) is 0.697. The Hall–Kier alpha value is -1.71. The lowest BCUT2D eigenvalue weighted by atomic mass is 10.1. The average Bonchev–Trinajstić information content (AvgIpc) is 2.38. The van der Waals surface area contributed by atoms with Gasteiger partial charge in [-0.2, -0.15) is 0 Å². The average molecular weight is 250 g/mol. The highest BCUT2D eigenvalue weighted by molar-refractivity contribution is 5.82. The van der Waals surface area contributed by atoms with Crippen LogP contribution >= 0.6 is 0 Å². The van der Waals surface area contributed by atoms with Crippen molar-refractivity contribution >= 4 is 11.6 Å². The van der Waals surface area contributed by atoms with Crippen LogP contribution in [0.15, 0.2) is 24.3 Å². The molecule has 1 aromatic carbocycles. The third-order valence-electron chi connectivity index (χ3n) is 2.87. The van der Waals surface area contributed by atoms with Crippen molar-refractivity contribution in [3.05, 3.63) is 24.3 Å². The van der Waals surface area contributed by atoms with Gasteiger partial charge in [0.25, 0.3) is 0 Å². The third kappa shape index (κ3) is 4.65. The molecule has 0 aliphatic rings. The Labute approximate surface area is 109 Å². The Balaban J connectivity index is 2.56. The molecule has 1 amide bonds. The van der Waals surface area contributed by atoms with E-state index in [9.17, 15) is 4.79 Å². The van der Waals surface area contributed by atoms with E-state index in [1.807, 2.05) is 24.3 Å². The maximum atomic E-state index is 11.4. The first-order chi connectivity index (χ1) is 8.67. The van der Waals surface area contributed by atoms with E-state index in [2.05, 4.69) is 12.2 Å². The van der Waals surface area contributed by atoms with E-state index in [0.717, 1.165) is 37.1 Å². The van der Waals surface area contributed by atoms with Crippen LogP contribution in [0.4, 0.5) is 5.69 Å². The van der Waals surface area contributed by atoms with Crippen LogP contribution in [0.3, 0.4) is 0 Å². The summed E-state index contributed by atoms with van der Waals surface area (Å²) in [5.74, 6) is 0.490. The first-order valence-electron chi connectivity index (χ1n) is 6.37. The van der Waals surface area contributed by atoms with Crippen LogP contribution in [-0.2, 0) is 4.79 Å². The fraction of sp³-hybridized carbons (Fsp3) is 0.500. The molecule has 0 bridgehead atoms. The zero-order valence-electron chi connectivity index (χ0n) is 11.1. The van der Waals surface area contributed by atoms with Gasteiger partial charge in [-0.3, -0.25) is 4.79 Å². The monoisotopic (exact) mass is 250 g/mol. The molecule has 4 heteroatoms. The van der Waals surface area contributed by atoms with Gasteiger partial charge < -0.3 is 15.8 Å². The van der Waals surface area contributed by atoms with Crippen molar-refractivity contribution < 1.29 is 9.53 Å². The van der Waals surface area contributed by atoms with E-state index in [4.69, 9.17) is 10.5 Å². The number of nitrogens with one attached hydrogen (secondary N) is 1. The third-order valence-corrected chi connectivity index (χ3v) is 2.87. The van der Waals surface area contributed by atoms with Crippen LogP contribution in [0.1, 0.15) is 32.6 Å². The Morgan fingerprint density at radius 1 is 1.33 bits per heavy atom. The summed E-state index contributed by atoms with van der Waals surface area (Å²) in [6.07, 6.45) is 4.03. The summed E-state index contributed by atoms with van der Waals surface area (Å²) in [6, 6.07) is 7.17. The Bertz CT molecular complexity index is 363. The highest BCUT2D eigenvalue weighted by atomic mass is 16.5. The molecule has 3 N–H and O–H groups in total. The number of methoxy groups -OCH3 is 1. The van der Waals surface area contributed by atoms with Crippen LogP contribution in [0.5, 0.6) is 5.75 Å². The molecule has 1 aromatic rings. The SMILES string of the molecule is CCCCCC(Nc1ccc(OC)cc1)C(N)=O. The van der Waals surface area contributed by atoms with Gasteiger partial charge >= 0.3 is 0 Å². The fourth-order valence-corrected chi connectivity index (χ4v) is 1.77. The molecule has 0 aromatic heterocycles. The number of primary amides is 1. The minimum atomic E-state index is -0.304. The van der Waals surface area contributed by atoms with Gasteiger partial charge in [-0.25, -0.2) is 0 Å². The number of hydrogen-bond acceptors (Lipinski definition) is 3. The molecule has 1 atom stereocenters. The van der Waals surface area contributed by atoms with Crippen molar-refractivity contribution in [1.29, 1.82) is 0 Å². The molecule has 0 radical (unpaired) electrons. The van der Waals surface area contributed by atoms with Crippen molar-refractivity contribution in [2.75, 3.05) is 12.4 Å². The molecule has 0 fully saturated rings. The minimum absolute atomic E-state index is 0.301.